The van der Waals surface area contributed by atoms with Crippen molar-refractivity contribution >= 4 is 5.91 Å². The molecule has 0 bridgehead atoms. The molecule has 0 spiro atoms. The van der Waals surface area contributed by atoms with Gasteiger partial charge in [0.25, 0.3) is 0 Å². The number of hydrogen-bond donors (Lipinski definition) is 1. The van der Waals surface area contributed by atoms with Crippen molar-refractivity contribution in [2.45, 2.75) is 33.1 Å². The molecular formula is C12H23NO3. The van der Waals surface area contributed by atoms with E-state index in [4.69, 9.17) is 9.47 Å². The quantitative estimate of drug-likeness (QED) is 0.699. The van der Waals surface area contributed by atoms with E-state index < -0.39 is 0 Å². The van der Waals surface area contributed by atoms with E-state index in [1.807, 2.05) is 6.92 Å². The van der Waals surface area contributed by atoms with Crippen molar-refractivity contribution in [2.75, 3.05) is 33.0 Å². The monoisotopic (exact) mass is 229 g/mol. The second-order valence-electron chi connectivity index (χ2n) is 4.75. The molecule has 1 heterocycles. The molecule has 1 aliphatic heterocycles. The van der Waals surface area contributed by atoms with Crippen LogP contribution < -0.4 is 5.32 Å². The van der Waals surface area contributed by atoms with Crippen molar-refractivity contribution in [1.29, 1.82) is 0 Å². The SMILES string of the molecule is CCCOCC(=O)NCC1(C)CCOCC1. The van der Waals surface area contributed by atoms with E-state index in [2.05, 4.69) is 12.2 Å². The van der Waals surface area contributed by atoms with Gasteiger partial charge in [0.2, 0.25) is 5.91 Å². The highest BCUT2D eigenvalue weighted by atomic mass is 16.5. The first-order valence-electron chi connectivity index (χ1n) is 6.08. The molecule has 0 aromatic heterocycles. The van der Waals surface area contributed by atoms with Crippen LogP contribution in [0.3, 0.4) is 0 Å². The van der Waals surface area contributed by atoms with Gasteiger partial charge in [0.05, 0.1) is 0 Å². The average Bonchev–Trinajstić information content (AvgIpc) is 2.28. The van der Waals surface area contributed by atoms with Crippen LogP contribution in [0.5, 0.6) is 0 Å². The van der Waals surface area contributed by atoms with Gasteiger partial charge < -0.3 is 14.8 Å². The third-order valence-corrected chi connectivity index (χ3v) is 2.99. The van der Waals surface area contributed by atoms with Crippen molar-refractivity contribution in [3.8, 4) is 0 Å². The molecule has 0 aliphatic carbocycles. The fraction of sp³-hybridized carbons (Fsp3) is 0.917. The number of ether oxygens (including phenoxy) is 2. The highest BCUT2D eigenvalue weighted by molar-refractivity contribution is 5.77. The minimum Gasteiger partial charge on any atom is -0.381 e. The number of rotatable bonds is 6. The van der Waals surface area contributed by atoms with Crippen LogP contribution in [0.15, 0.2) is 0 Å². The fourth-order valence-corrected chi connectivity index (χ4v) is 1.71. The number of carbonyl (C=O) groups is 1. The molecule has 1 N–H and O–H groups in total. The fourth-order valence-electron chi connectivity index (χ4n) is 1.71. The molecule has 0 aromatic carbocycles. The van der Waals surface area contributed by atoms with Gasteiger partial charge in [-0.3, -0.25) is 4.79 Å². The van der Waals surface area contributed by atoms with E-state index in [-0.39, 0.29) is 17.9 Å². The summed E-state index contributed by atoms with van der Waals surface area (Å²) in [6.07, 6.45) is 2.98. The van der Waals surface area contributed by atoms with E-state index in [9.17, 15) is 4.79 Å². The van der Waals surface area contributed by atoms with Gasteiger partial charge in [-0.1, -0.05) is 13.8 Å². The van der Waals surface area contributed by atoms with Gasteiger partial charge in [-0.05, 0) is 24.7 Å². The lowest BCUT2D eigenvalue weighted by Gasteiger charge is -2.33. The Morgan fingerprint density at radius 2 is 2.12 bits per heavy atom. The normalized spacial score (nSPS) is 19.4. The Bertz CT molecular complexity index is 212. The number of carbonyl (C=O) groups excluding carboxylic acids is 1. The summed E-state index contributed by atoms with van der Waals surface area (Å²) in [5.74, 6) is -0.0128. The topological polar surface area (TPSA) is 47.6 Å². The third-order valence-electron chi connectivity index (χ3n) is 2.99. The van der Waals surface area contributed by atoms with E-state index in [0.29, 0.717) is 6.61 Å². The number of amides is 1. The Balaban J connectivity index is 2.14. The maximum absolute atomic E-state index is 11.4. The molecule has 1 rings (SSSR count). The van der Waals surface area contributed by atoms with Crippen molar-refractivity contribution < 1.29 is 14.3 Å². The highest BCUT2D eigenvalue weighted by Gasteiger charge is 2.27. The van der Waals surface area contributed by atoms with Crippen molar-refractivity contribution in [3.05, 3.63) is 0 Å². The lowest BCUT2D eigenvalue weighted by atomic mass is 9.82. The van der Waals surface area contributed by atoms with E-state index >= 15 is 0 Å². The van der Waals surface area contributed by atoms with Crippen LogP contribution in [-0.2, 0) is 14.3 Å². The van der Waals surface area contributed by atoms with Crippen LogP contribution >= 0.6 is 0 Å². The molecule has 0 aromatic rings. The Kier molecular flexibility index (Phi) is 5.77. The minimum absolute atomic E-state index is 0.0128. The van der Waals surface area contributed by atoms with Crippen LogP contribution in [0.4, 0.5) is 0 Å². The molecule has 4 heteroatoms. The molecule has 1 amide bonds. The Morgan fingerprint density at radius 1 is 1.44 bits per heavy atom. The minimum atomic E-state index is -0.0128. The van der Waals surface area contributed by atoms with Gasteiger partial charge in [0.15, 0.2) is 0 Å². The standard InChI is InChI=1S/C12H23NO3/c1-3-6-16-9-11(14)13-10-12(2)4-7-15-8-5-12/h3-10H2,1-2H3,(H,13,14). The van der Waals surface area contributed by atoms with Crippen molar-refractivity contribution in [1.82, 2.24) is 5.32 Å². The molecule has 16 heavy (non-hydrogen) atoms. The molecule has 1 fully saturated rings. The maximum atomic E-state index is 11.4. The second-order valence-corrected chi connectivity index (χ2v) is 4.75. The smallest absolute Gasteiger partial charge is 0.246 e. The molecular weight excluding hydrogens is 206 g/mol. The Labute approximate surface area is 97.7 Å². The second kappa shape index (κ2) is 6.86. The van der Waals surface area contributed by atoms with Crippen LogP contribution in [0.2, 0.25) is 0 Å². The maximum Gasteiger partial charge on any atom is 0.246 e. The molecule has 94 valence electrons. The predicted molar refractivity (Wildman–Crippen MR) is 62.3 cm³/mol. The van der Waals surface area contributed by atoms with E-state index in [0.717, 1.165) is 39.0 Å². The van der Waals surface area contributed by atoms with Gasteiger partial charge >= 0.3 is 0 Å². The average molecular weight is 229 g/mol. The highest BCUT2D eigenvalue weighted by Crippen LogP contribution is 2.28. The molecule has 0 radical (unpaired) electrons. The third kappa shape index (κ3) is 4.94. The molecule has 0 saturated carbocycles. The summed E-state index contributed by atoms with van der Waals surface area (Å²) in [5.41, 5.74) is 0.193. The number of nitrogens with one attached hydrogen (secondary N) is 1. The molecule has 1 aliphatic rings. The van der Waals surface area contributed by atoms with Gasteiger partial charge in [-0.2, -0.15) is 0 Å². The summed E-state index contributed by atoms with van der Waals surface area (Å²) in [4.78, 5) is 11.4. The first-order valence-corrected chi connectivity index (χ1v) is 6.08. The van der Waals surface area contributed by atoms with Crippen molar-refractivity contribution in [2.24, 2.45) is 5.41 Å². The number of hydrogen-bond acceptors (Lipinski definition) is 3. The summed E-state index contributed by atoms with van der Waals surface area (Å²) in [5, 5.41) is 2.93. The van der Waals surface area contributed by atoms with E-state index in [1.54, 1.807) is 0 Å². The van der Waals surface area contributed by atoms with Gasteiger partial charge in [-0.25, -0.2) is 0 Å². The van der Waals surface area contributed by atoms with Crippen LogP contribution in [0, 0.1) is 5.41 Å². The zero-order valence-corrected chi connectivity index (χ0v) is 10.4. The first-order chi connectivity index (χ1) is 7.66. The molecule has 0 unspecified atom stereocenters. The summed E-state index contributed by atoms with van der Waals surface area (Å²) < 4.78 is 10.5. The van der Waals surface area contributed by atoms with Crippen LogP contribution in [0.1, 0.15) is 33.1 Å². The first kappa shape index (κ1) is 13.5. The molecule has 0 atom stereocenters. The zero-order chi connectivity index (χ0) is 11.9. The largest absolute Gasteiger partial charge is 0.381 e. The van der Waals surface area contributed by atoms with Gasteiger partial charge in [0, 0.05) is 26.4 Å². The predicted octanol–water partition coefficient (Wildman–Crippen LogP) is 1.35. The van der Waals surface area contributed by atoms with Gasteiger partial charge in [0.1, 0.15) is 6.61 Å². The molecule has 1 saturated heterocycles. The summed E-state index contributed by atoms with van der Waals surface area (Å²) in [6.45, 7) is 7.39. The Hall–Kier alpha value is -0.610. The van der Waals surface area contributed by atoms with E-state index in [1.165, 1.54) is 0 Å². The molecule has 4 nitrogen and oxygen atoms in total. The summed E-state index contributed by atoms with van der Waals surface area (Å²) in [6, 6.07) is 0. The van der Waals surface area contributed by atoms with Crippen LogP contribution in [0.25, 0.3) is 0 Å². The lowest BCUT2D eigenvalue weighted by molar-refractivity contribution is -0.126. The summed E-state index contributed by atoms with van der Waals surface area (Å²) in [7, 11) is 0. The van der Waals surface area contributed by atoms with Crippen LogP contribution in [-0.4, -0.2) is 38.9 Å². The van der Waals surface area contributed by atoms with Crippen molar-refractivity contribution in [3.63, 3.8) is 0 Å². The van der Waals surface area contributed by atoms with Gasteiger partial charge in [-0.15, -0.1) is 0 Å². The zero-order valence-electron chi connectivity index (χ0n) is 10.4. The summed E-state index contributed by atoms with van der Waals surface area (Å²) >= 11 is 0. The lowest BCUT2D eigenvalue weighted by Crippen LogP contribution is -2.40. The Morgan fingerprint density at radius 3 is 2.75 bits per heavy atom.